The molecule has 0 N–H and O–H groups in total. The van der Waals surface area contributed by atoms with Crippen LogP contribution in [0.1, 0.15) is 20.8 Å². The topological polar surface area (TPSA) is 23.8 Å². The van der Waals surface area contributed by atoms with E-state index in [0.29, 0.717) is 10.6 Å². The predicted molar refractivity (Wildman–Crippen MR) is 54.9 cm³/mol. The molecular weight excluding hydrogens is 170 g/mol. The molecule has 1 nitrogen and oxygen atoms in total. The number of nitriles is 1. The zero-order valence-corrected chi connectivity index (χ0v) is 8.52. The monoisotopic (exact) mass is 183 g/mol. The lowest BCUT2D eigenvalue weighted by Gasteiger charge is -1.89. The Labute approximate surface area is 79.7 Å². The largest absolute Gasteiger partial charge is 0.192 e. The van der Waals surface area contributed by atoms with E-state index in [1.807, 2.05) is 19.9 Å². The van der Waals surface area contributed by atoms with Gasteiger partial charge in [0.05, 0.1) is 10.6 Å². The van der Waals surface area contributed by atoms with Gasteiger partial charge in [0.1, 0.15) is 6.07 Å². The Bertz CT molecular complexity index is 218. The average Bonchev–Trinajstić information content (AvgIpc) is 2.16. The zero-order valence-electron chi connectivity index (χ0n) is 7.76. The first-order valence-electron chi connectivity index (χ1n) is 3.81. The summed E-state index contributed by atoms with van der Waals surface area (Å²) < 4.78 is 0. The minimum Gasteiger partial charge on any atom is -0.192 e. The fourth-order valence-electron chi connectivity index (χ4n) is 0.444. The molecule has 0 radical (unpaired) electrons. The minimum absolute atomic E-state index is 0.444. The molecule has 0 heterocycles. The van der Waals surface area contributed by atoms with Gasteiger partial charge in [-0.25, -0.2) is 0 Å². The summed E-state index contributed by atoms with van der Waals surface area (Å²) in [7, 11) is 0. The molecule has 0 aromatic rings. The molecule has 2 heteroatoms. The second-order valence-electron chi connectivity index (χ2n) is 1.56. The van der Waals surface area contributed by atoms with E-state index in [4.69, 9.17) is 16.9 Å². The van der Waals surface area contributed by atoms with Crippen molar-refractivity contribution < 1.29 is 0 Å². The zero-order chi connectivity index (χ0) is 9.98. The van der Waals surface area contributed by atoms with E-state index in [9.17, 15) is 0 Å². The molecule has 66 valence electrons. The van der Waals surface area contributed by atoms with Crippen LogP contribution in [0.5, 0.6) is 0 Å². The number of hydrogen-bond acceptors (Lipinski definition) is 1. The van der Waals surface area contributed by atoms with Gasteiger partial charge in [0.2, 0.25) is 0 Å². The third-order valence-corrected chi connectivity index (χ3v) is 1.34. The first kappa shape index (κ1) is 13.6. The van der Waals surface area contributed by atoms with E-state index in [0.717, 1.165) is 0 Å². The van der Waals surface area contributed by atoms with E-state index in [2.05, 4.69) is 6.58 Å². The highest BCUT2D eigenvalue weighted by Gasteiger charge is 1.95. The Balaban J connectivity index is 0. The third-order valence-electron chi connectivity index (χ3n) is 0.916. The molecule has 0 aliphatic carbocycles. The number of hydrogen-bond donors (Lipinski definition) is 0. The van der Waals surface area contributed by atoms with Crippen LogP contribution in [0.15, 0.2) is 35.4 Å². The van der Waals surface area contributed by atoms with Gasteiger partial charge in [-0.15, -0.1) is 0 Å². The van der Waals surface area contributed by atoms with Crippen LogP contribution in [-0.4, -0.2) is 0 Å². The number of nitrogens with zero attached hydrogens (tertiary/aromatic N) is 1. The van der Waals surface area contributed by atoms with Crippen molar-refractivity contribution in [3.63, 3.8) is 0 Å². The van der Waals surface area contributed by atoms with Gasteiger partial charge in [-0.05, 0) is 13.0 Å². The van der Waals surface area contributed by atoms with Crippen LogP contribution < -0.4 is 0 Å². The van der Waals surface area contributed by atoms with Gasteiger partial charge in [-0.2, -0.15) is 5.26 Å². The summed E-state index contributed by atoms with van der Waals surface area (Å²) in [5.41, 5.74) is 0.444. The smallest absolute Gasteiger partial charge is 0.101 e. The Morgan fingerprint density at radius 1 is 1.50 bits per heavy atom. The maximum atomic E-state index is 8.47. The SMILES string of the molecule is C=C/C=C(C#N)\C(Cl)=C/C.CC. The summed E-state index contributed by atoms with van der Waals surface area (Å²) >= 11 is 5.63. The highest BCUT2D eigenvalue weighted by molar-refractivity contribution is 6.32. The summed E-state index contributed by atoms with van der Waals surface area (Å²) in [6, 6.07) is 1.94. The molecule has 0 bridgehead atoms. The minimum atomic E-state index is 0.444. The molecule has 12 heavy (non-hydrogen) atoms. The van der Waals surface area contributed by atoms with Crippen LogP contribution in [0.3, 0.4) is 0 Å². The predicted octanol–water partition coefficient (Wildman–Crippen LogP) is 3.79. The van der Waals surface area contributed by atoms with E-state index in [1.165, 1.54) is 6.08 Å². The third kappa shape index (κ3) is 5.76. The fourth-order valence-corrected chi connectivity index (χ4v) is 0.549. The highest BCUT2D eigenvalue weighted by atomic mass is 35.5. The second kappa shape index (κ2) is 10.0. The molecule has 0 unspecified atom stereocenters. The first-order valence-corrected chi connectivity index (χ1v) is 4.19. The van der Waals surface area contributed by atoms with Crippen LogP contribution >= 0.6 is 11.6 Å². The number of allylic oxidation sites excluding steroid dienone is 5. The maximum Gasteiger partial charge on any atom is 0.101 e. The normalized spacial score (nSPS) is 10.9. The molecule has 0 spiro atoms. The van der Waals surface area contributed by atoms with Crippen LogP contribution in [0.4, 0.5) is 0 Å². The molecule has 0 aromatic heterocycles. The van der Waals surface area contributed by atoms with Crippen LogP contribution in [-0.2, 0) is 0 Å². The first-order chi connectivity index (χ1) is 5.76. The quantitative estimate of drug-likeness (QED) is 0.472. The van der Waals surface area contributed by atoms with E-state index < -0.39 is 0 Å². The summed E-state index contributed by atoms with van der Waals surface area (Å²) in [5, 5.41) is 8.93. The molecule has 0 saturated heterocycles. The summed E-state index contributed by atoms with van der Waals surface area (Å²) in [6.07, 6.45) is 4.77. The van der Waals surface area contributed by atoms with Crippen LogP contribution in [0.25, 0.3) is 0 Å². The van der Waals surface area contributed by atoms with E-state index in [-0.39, 0.29) is 0 Å². The molecular formula is C10H14ClN. The molecule has 0 atom stereocenters. The highest BCUT2D eigenvalue weighted by Crippen LogP contribution is 2.12. The average molecular weight is 184 g/mol. The standard InChI is InChI=1S/C8H8ClN.C2H6/c1-3-5-7(6-10)8(9)4-2;1-2/h3-5H,1H2,2H3;1-2H3/b7-5-,8-4+;. The molecule has 0 aromatic carbocycles. The Hall–Kier alpha value is -1.00. The Morgan fingerprint density at radius 2 is 2.00 bits per heavy atom. The Kier molecular flexibility index (Phi) is 11.3. The summed E-state index contributed by atoms with van der Waals surface area (Å²) in [6.45, 7) is 9.23. The van der Waals surface area contributed by atoms with Crippen LogP contribution in [0.2, 0.25) is 0 Å². The van der Waals surface area contributed by atoms with Gasteiger partial charge in [0.25, 0.3) is 0 Å². The van der Waals surface area contributed by atoms with E-state index in [1.54, 1.807) is 19.1 Å². The van der Waals surface area contributed by atoms with Crippen molar-refractivity contribution in [3.8, 4) is 6.07 Å². The van der Waals surface area contributed by atoms with Crippen molar-refractivity contribution in [2.45, 2.75) is 20.8 Å². The van der Waals surface area contributed by atoms with Gasteiger partial charge >= 0.3 is 0 Å². The lowest BCUT2D eigenvalue weighted by atomic mass is 10.2. The van der Waals surface area contributed by atoms with Crippen molar-refractivity contribution in [2.24, 2.45) is 0 Å². The van der Waals surface area contributed by atoms with Crippen molar-refractivity contribution in [3.05, 3.63) is 35.4 Å². The van der Waals surface area contributed by atoms with Gasteiger partial charge in [-0.3, -0.25) is 0 Å². The lowest BCUT2D eigenvalue weighted by Crippen LogP contribution is -1.75. The Morgan fingerprint density at radius 3 is 2.25 bits per heavy atom. The summed E-state index contributed by atoms with van der Waals surface area (Å²) in [4.78, 5) is 0. The van der Waals surface area contributed by atoms with Gasteiger partial charge in [-0.1, -0.05) is 44.2 Å². The van der Waals surface area contributed by atoms with Crippen molar-refractivity contribution in [1.29, 1.82) is 5.26 Å². The molecule has 0 aliphatic rings. The molecule has 0 amide bonds. The molecule has 0 saturated carbocycles. The number of rotatable bonds is 2. The van der Waals surface area contributed by atoms with Crippen LogP contribution in [0, 0.1) is 11.3 Å². The van der Waals surface area contributed by atoms with Crippen molar-refractivity contribution in [2.75, 3.05) is 0 Å². The van der Waals surface area contributed by atoms with Gasteiger partial charge < -0.3 is 0 Å². The maximum absolute atomic E-state index is 8.47. The summed E-state index contributed by atoms with van der Waals surface area (Å²) in [5.74, 6) is 0. The van der Waals surface area contributed by atoms with Crippen molar-refractivity contribution >= 4 is 11.6 Å². The lowest BCUT2D eigenvalue weighted by molar-refractivity contribution is 1.48. The molecule has 0 rings (SSSR count). The van der Waals surface area contributed by atoms with Gasteiger partial charge in [0, 0.05) is 0 Å². The number of halogens is 1. The molecule has 0 fully saturated rings. The fraction of sp³-hybridized carbons (Fsp3) is 0.300. The van der Waals surface area contributed by atoms with E-state index >= 15 is 0 Å². The molecule has 0 aliphatic heterocycles. The van der Waals surface area contributed by atoms with Gasteiger partial charge in [0.15, 0.2) is 0 Å². The van der Waals surface area contributed by atoms with Crippen molar-refractivity contribution in [1.82, 2.24) is 0 Å². The second-order valence-corrected chi connectivity index (χ2v) is 1.97.